The standard InChI is InChI=1S/C72H130O6/c1-4-7-10-13-16-19-22-25-28-31-34-35-36-37-39-41-44-47-50-53-56-59-62-65-71(74)77-68-69(67-76-70(73)64-61-58-55-52-49-46-43-40-33-30-27-24-21-18-15-12-9-6-3)78-72(75)66-63-60-57-54-51-48-45-42-38-32-29-26-23-20-17-14-11-8-5-2/h17,20-21,24,26,29-31,33-34,69H,4-16,18-19,22-23,25,27-28,32,35-68H2,1-3H3/b20-17-,24-21-,29-26-,33-30-,34-31-. The average molecular weight is 1090 g/mol. The zero-order valence-corrected chi connectivity index (χ0v) is 52.2. The molecular formula is C72H130O6. The van der Waals surface area contributed by atoms with E-state index in [0.717, 1.165) is 77.0 Å². The van der Waals surface area contributed by atoms with Gasteiger partial charge in [0.05, 0.1) is 0 Å². The normalized spacial score (nSPS) is 12.4. The minimum Gasteiger partial charge on any atom is -0.462 e. The number of unbranched alkanes of at least 4 members (excludes halogenated alkanes) is 42. The molecule has 0 aromatic rings. The van der Waals surface area contributed by atoms with Gasteiger partial charge in [0.25, 0.3) is 0 Å². The highest BCUT2D eigenvalue weighted by Crippen LogP contribution is 2.17. The van der Waals surface area contributed by atoms with Crippen LogP contribution in [0.2, 0.25) is 0 Å². The van der Waals surface area contributed by atoms with Crippen LogP contribution >= 0.6 is 0 Å². The fourth-order valence-electron chi connectivity index (χ4n) is 10.0. The Morgan fingerprint density at radius 3 is 0.756 bits per heavy atom. The third kappa shape index (κ3) is 63.9. The Kier molecular flexibility index (Phi) is 64.2. The molecule has 6 heteroatoms. The smallest absolute Gasteiger partial charge is 0.306 e. The van der Waals surface area contributed by atoms with Crippen molar-refractivity contribution in [2.75, 3.05) is 13.2 Å². The highest BCUT2D eigenvalue weighted by atomic mass is 16.6. The Morgan fingerprint density at radius 2 is 0.462 bits per heavy atom. The maximum atomic E-state index is 12.9. The summed E-state index contributed by atoms with van der Waals surface area (Å²) in [5.74, 6) is -0.869. The van der Waals surface area contributed by atoms with Gasteiger partial charge >= 0.3 is 17.9 Å². The molecule has 0 heterocycles. The number of carbonyl (C=O) groups excluding carboxylic acids is 3. The molecule has 0 aliphatic rings. The van der Waals surface area contributed by atoms with Crippen molar-refractivity contribution in [3.05, 3.63) is 60.8 Å². The first-order valence-electron chi connectivity index (χ1n) is 34.3. The van der Waals surface area contributed by atoms with Gasteiger partial charge in [-0.1, -0.05) is 293 Å². The molecule has 1 unspecified atom stereocenters. The molecule has 454 valence electrons. The first-order valence-corrected chi connectivity index (χ1v) is 34.3. The molecule has 6 nitrogen and oxygen atoms in total. The zero-order chi connectivity index (χ0) is 56.4. The van der Waals surface area contributed by atoms with Gasteiger partial charge in [0.15, 0.2) is 6.10 Å². The number of esters is 3. The lowest BCUT2D eigenvalue weighted by Gasteiger charge is -2.18. The van der Waals surface area contributed by atoms with Crippen LogP contribution in [0.25, 0.3) is 0 Å². The second-order valence-electron chi connectivity index (χ2n) is 23.1. The highest BCUT2D eigenvalue weighted by Gasteiger charge is 2.19. The molecule has 0 saturated carbocycles. The lowest BCUT2D eigenvalue weighted by Crippen LogP contribution is -2.30. The van der Waals surface area contributed by atoms with Crippen molar-refractivity contribution in [3.63, 3.8) is 0 Å². The van der Waals surface area contributed by atoms with Gasteiger partial charge in [-0.3, -0.25) is 14.4 Å². The summed E-state index contributed by atoms with van der Waals surface area (Å²) < 4.78 is 17.0. The molecule has 0 saturated heterocycles. The number of rotatable bonds is 63. The number of allylic oxidation sites excluding steroid dienone is 10. The van der Waals surface area contributed by atoms with Crippen molar-refractivity contribution < 1.29 is 28.6 Å². The van der Waals surface area contributed by atoms with Crippen molar-refractivity contribution in [1.82, 2.24) is 0 Å². The topological polar surface area (TPSA) is 78.9 Å². The van der Waals surface area contributed by atoms with Gasteiger partial charge in [-0.05, 0) is 109 Å². The van der Waals surface area contributed by atoms with Crippen LogP contribution in [0, 0.1) is 0 Å². The van der Waals surface area contributed by atoms with E-state index in [2.05, 4.69) is 81.5 Å². The van der Waals surface area contributed by atoms with E-state index < -0.39 is 6.10 Å². The van der Waals surface area contributed by atoms with Crippen molar-refractivity contribution in [3.8, 4) is 0 Å². The van der Waals surface area contributed by atoms with Crippen LogP contribution in [-0.4, -0.2) is 37.2 Å². The van der Waals surface area contributed by atoms with E-state index in [4.69, 9.17) is 14.2 Å². The Balaban J connectivity index is 4.35. The third-order valence-corrected chi connectivity index (χ3v) is 15.2. The van der Waals surface area contributed by atoms with E-state index in [-0.39, 0.29) is 31.1 Å². The monoisotopic (exact) mass is 1090 g/mol. The van der Waals surface area contributed by atoms with Crippen LogP contribution in [0.4, 0.5) is 0 Å². The Bertz CT molecular complexity index is 1390. The molecule has 0 radical (unpaired) electrons. The molecule has 0 aromatic carbocycles. The van der Waals surface area contributed by atoms with E-state index >= 15 is 0 Å². The fourth-order valence-corrected chi connectivity index (χ4v) is 10.0. The molecule has 1 atom stereocenters. The second kappa shape index (κ2) is 66.6. The lowest BCUT2D eigenvalue weighted by molar-refractivity contribution is -0.167. The van der Waals surface area contributed by atoms with Crippen LogP contribution in [-0.2, 0) is 28.6 Å². The minimum atomic E-state index is -0.782. The van der Waals surface area contributed by atoms with Gasteiger partial charge in [0.1, 0.15) is 13.2 Å². The molecule has 0 amide bonds. The van der Waals surface area contributed by atoms with Crippen LogP contribution in [0.5, 0.6) is 0 Å². The van der Waals surface area contributed by atoms with Crippen LogP contribution in [0.3, 0.4) is 0 Å². The maximum Gasteiger partial charge on any atom is 0.306 e. The van der Waals surface area contributed by atoms with Gasteiger partial charge in [0, 0.05) is 19.3 Å². The number of hydrogen-bond donors (Lipinski definition) is 0. The second-order valence-corrected chi connectivity index (χ2v) is 23.1. The van der Waals surface area contributed by atoms with E-state index in [0.29, 0.717) is 19.3 Å². The SMILES string of the molecule is CCCCC/C=C\C/C=C\CCCCCCCCCCCC(=O)OC(COC(=O)CCCCCCCCC/C=C\C/C=C\CCCCCC)COC(=O)CCCCCCCCCCCCC/C=C\CCCCCCCCCC. The van der Waals surface area contributed by atoms with Crippen LogP contribution < -0.4 is 0 Å². The molecule has 0 aliphatic carbocycles. The predicted molar refractivity (Wildman–Crippen MR) is 339 cm³/mol. The van der Waals surface area contributed by atoms with Crippen molar-refractivity contribution in [2.24, 2.45) is 0 Å². The van der Waals surface area contributed by atoms with E-state index in [1.807, 2.05) is 0 Å². The summed E-state index contributed by atoms with van der Waals surface area (Å²) in [6, 6.07) is 0. The van der Waals surface area contributed by atoms with E-state index in [9.17, 15) is 14.4 Å². The first-order chi connectivity index (χ1) is 38.5. The number of carbonyl (C=O) groups is 3. The average Bonchev–Trinajstić information content (AvgIpc) is 3.44. The van der Waals surface area contributed by atoms with Gasteiger partial charge in [-0.25, -0.2) is 0 Å². The molecule has 78 heavy (non-hydrogen) atoms. The number of ether oxygens (including phenoxy) is 3. The summed E-state index contributed by atoms with van der Waals surface area (Å²) in [6.07, 6.45) is 85.1. The predicted octanol–water partition coefficient (Wildman–Crippen LogP) is 23.5. The molecule has 0 N–H and O–H groups in total. The summed E-state index contributed by atoms with van der Waals surface area (Å²) in [7, 11) is 0. The molecule has 0 bridgehead atoms. The van der Waals surface area contributed by atoms with E-state index in [1.54, 1.807) is 0 Å². The molecule has 0 aromatic heterocycles. The lowest BCUT2D eigenvalue weighted by atomic mass is 10.0. The Hall–Kier alpha value is -2.89. The quantitative estimate of drug-likeness (QED) is 0.0261. The van der Waals surface area contributed by atoms with E-state index in [1.165, 1.54) is 244 Å². The first kappa shape index (κ1) is 75.1. The summed E-state index contributed by atoms with van der Waals surface area (Å²) in [5.41, 5.74) is 0. The summed E-state index contributed by atoms with van der Waals surface area (Å²) in [5, 5.41) is 0. The molecule has 0 spiro atoms. The van der Waals surface area contributed by atoms with Gasteiger partial charge in [-0.2, -0.15) is 0 Å². The Labute approximate surface area is 485 Å². The van der Waals surface area contributed by atoms with Crippen LogP contribution in [0.15, 0.2) is 60.8 Å². The molecular weight excluding hydrogens is 961 g/mol. The van der Waals surface area contributed by atoms with Crippen molar-refractivity contribution >= 4 is 17.9 Å². The van der Waals surface area contributed by atoms with Gasteiger partial charge in [-0.15, -0.1) is 0 Å². The van der Waals surface area contributed by atoms with Gasteiger partial charge < -0.3 is 14.2 Å². The Morgan fingerprint density at radius 1 is 0.256 bits per heavy atom. The van der Waals surface area contributed by atoms with Crippen LogP contribution in [0.1, 0.15) is 361 Å². The molecule has 0 fully saturated rings. The third-order valence-electron chi connectivity index (χ3n) is 15.2. The zero-order valence-electron chi connectivity index (χ0n) is 52.2. The highest BCUT2D eigenvalue weighted by molar-refractivity contribution is 5.71. The minimum absolute atomic E-state index is 0.0766. The number of hydrogen-bond acceptors (Lipinski definition) is 6. The summed E-state index contributed by atoms with van der Waals surface area (Å²) in [4.78, 5) is 38.4. The van der Waals surface area contributed by atoms with Crippen molar-refractivity contribution in [1.29, 1.82) is 0 Å². The summed E-state index contributed by atoms with van der Waals surface area (Å²) >= 11 is 0. The largest absolute Gasteiger partial charge is 0.462 e. The summed E-state index contributed by atoms with van der Waals surface area (Å²) in [6.45, 7) is 6.64. The molecule has 0 aliphatic heterocycles. The fraction of sp³-hybridized carbons (Fsp3) is 0.819. The maximum absolute atomic E-state index is 12.9. The van der Waals surface area contributed by atoms with Crippen molar-refractivity contribution in [2.45, 2.75) is 367 Å². The molecule has 0 rings (SSSR count). The van der Waals surface area contributed by atoms with Gasteiger partial charge in [0.2, 0.25) is 0 Å².